The molecule has 0 aliphatic carbocycles. The minimum atomic E-state index is -1.06. The van der Waals surface area contributed by atoms with E-state index in [4.69, 9.17) is 11.6 Å². The van der Waals surface area contributed by atoms with Crippen LogP contribution in [0.1, 0.15) is 38.4 Å². The number of aliphatic imine (C=N–C) groups is 1. The number of aromatic carboxylic acids is 1. The summed E-state index contributed by atoms with van der Waals surface area (Å²) in [7, 11) is 0. The maximum absolute atomic E-state index is 11.2. The molecule has 0 radical (unpaired) electrons. The van der Waals surface area contributed by atoms with Crippen LogP contribution in [-0.4, -0.2) is 21.9 Å². The first-order valence-corrected chi connectivity index (χ1v) is 8.99. The van der Waals surface area contributed by atoms with E-state index >= 15 is 0 Å². The highest BCUT2D eigenvalue weighted by Gasteiger charge is 2.11. The molecule has 0 spiro atoms. The van der Waals surface area contributed by atoms with Gasteiger partial charge in [-0.2, -0.15) is 0 Å². The molecular weight excluding hydrogens is 360 g/mol. The van der Waals surface area contributed by atoms with Gasteiger partial charge in [-0.25, -0.2) is 4.79 Å². The van der Waals surface area contributed by atoms with Gasteiger partial charge in [0.1, 0.15) is 0 Å². The Morgan fingerprint density at radius 3 is 2.44 bits per heavy atom. The lowest BCUT2D eigenvalue weighted by Gasteiger charge is -2.11. The summed E-state index contributed by atoms with van der Waals surface area (Å²) < 4.78 is 2.19. The van der Waals surface area contributed by atoms with E-state index in [0.29, 0.717) is 5.69 Å². The Kier molecular flexibility index (Phi) is 5.19. The number of hydrogen-bond acceptors (Lipinski definition) is 2. The molecule has 0 saturated heterocycles. The van der Waals surface area contributed by atoms with Crippen molar-refractivity contribution in [2.45, 2.75) is 27.7 Å². The topological polar surface area (TPSA) is 54.6 Å². The van der Waals surface area contributed by atoms with E-state index in [1.807, 2.05) is 6.92 Å². The summed E-state index contributed by atoms with van der Waals surface area (Å²) in [6.45, 7) is 8.32. The molecule has 0 unspecified atom stereocenters. The lowest BCUT2D eigenvalue weighted by atomic mass is 10.1. The zero-order valence-electron chi connectivity index (χ0n) is 15.7. The van der Waals surface area contributed by atoms with Gasteiger partial charge in [0.05, 0.1) is 16.3 Å². The average Bonchev–Trinajstić information content (AvgIpc) is 2.90. The predicted octanol–water partition coefficient (Wildman–Crippen LogP) is 5.81. The number of carbonyl (C=O) groups is 1. The van der Waals surface area contributed by atoms with Crippen molar-refractivity contribution in [1.29, 1.82) is 0 Å². The van der Waals surface area contributed by atoms with Gasteiger partial charge in [-0.05, 0) is 75.2 Å². The SMILES string of the molecule is Cc1ccc(-n2c(C)cc(C=Nc3ccc(Cl)c(C(=O)O)c3)c2C)cc1C. The van der Waals surface area contributed by atoms with Crippen molar-refractivity contribution in [3.05, 3.63) is 81.1 Å². The van der Waals surface area contributed by atoms with Gasteiger partial charge in [-0.15, -0.1) is 0 Å². The largest absolute Gasteiger partial charge is 0.478 e. The van der Waals surface area contributed by atoms with Crippen molar-refractivity contribution in [2.75, 3.05) is 0 Å². The number of carboxylic acids is 1. The van der Waals surface area contributed by atoms with Gasteiger partial charge in [0, 0.05) is 28.9 Å². The third-order valence-corrected chi connectivity index (χ3v) is 5.08. The van der Waals surface area contributed by atoms with Crippen molar-refractivity contribution >= 4 is 29.5 Å². The molecule has 0 fully saturated rings. The van der Waals surface area contributed by atoms with Gasteiger partial charge in [0.25, 0.3) is 0 Å². The molecule has 2 aromatic carbocycles. The summed E-state index contributed by atoms with van der Waals surface area (Å²) in [6, 6.07) is 13.2. The van der Waals surface area contributed by atoms with Crippen LogP contribution in [-0.2, 0) is 0 Å². The van der Waals surface area contributed by atoms with Crippen LogP contribution in [0.3, 0.4) is 0 Å². The van der Waals surface area contributed by atoms with Crippen LogP contribution in [0.5, 0.6) is 0 Å². The van der Waals surface area contributed by atoms with E-state index in [-0.39, 0.29) is 10.6 Å². The van der Waals surface area contributed by atoms with Gasteiger partial charge in [-0.3, -0.25) is 4.99 Å². The fourth-order valence-electron chi connectivity index (χ4n) is 3.08. The lowest BCUT2D eigenvalue weighted by molar-refractivity contribution is 0.0697. The van der Waals surface area contributed by atoms with Gasteiger partial charge in [0.15, 0.2) is 0 Å². The van der Waals surface area contributed by atoms with E-state index in [0.717, 1.165) is 22.6 Å². The molecule has 0 saturated carbocycles. The molecule has 1 heterocycles. The second kappa shape index (κ2) is 7.41. The molecule has 0 aliphatic rings. The number of halogens is 1. The quantitative estimate of drug-likeness (QED) is 0.580. The van der Waals surface area contributed by atoms with E-state index in [9.17, 15) is 9.90 Å². The summed E-state index contributed by atoms with van der Waals surface area (Å²) in [6.07, 6.45) is 1.76. The third-order valence-electron chi connectivity index (χ3n) is 4.75. The number of nitrogens with zero attached hydrogens (tertiary/aromatic N) is 2. The molecule has 1 aromatic heterocycles. The van der Waals surface area contributed by atoms with E-state index in [1.54, 1.807) is 18.3 Å². The molecule has 0 bridgehead atoms. The minimum Gasteiger partial charge on any atom is -0.478 e. The second-order valence-corrected chi connectivity index (χ2v) is 7.07. The summed E-state index contributed by atoms with van der Waals surface area (Å²) in [5, 5.41) is 9.39. The number of benzene rings is 2. The lowest BCUT2D eigenvalue weighted by Crippen LogP contribution is -2.00. The first kappa shape index (κ1) is 18.9. The summed E-state index contributed by atoms with van der Waals surface area (Å²) >= 11 is 5.91. The number of aryl methyl sites for hydroxylation is 3. The van der Waals surface area contributed by atoms with Crippen LogP contribution in [0.4, 0.5) is 5.69 Å². The molecule has 0 atom stereocenters. The Balaban J connectivity index is 1.97. The van der Waals surface area contributed by atoms with Gasteiger partial charge >= 0.3 is 5.97 Å². The van der Waals surface area contributed by atoms with Crippen molar-refractivity contribution in [3.63, 3.8) is 0 Å². The third kappa shape index (κ3) is 3.81. The van der Waals surface area contributed by atoms with Crippen LogP contribution in [0.15, 0.2) is 47.5 Å². The fraction of sp³-hybridized carbons (Fsp3) is 0.182. The molecular formula is C22H21ClN2O2. The molecule has 5 heteroatoms. The highest BCUT2D eigenvalue weighted by atomic mass is 35.5. The number of carboxylic acid groups (broad SMARTS) is 1. The van der Waals surface area contributed by atoms with E-state index in [2.05, 4.69) is 54.6 Å². The molecule has 3 aromatic rings. The first-order valence-electron chi connectivity index (χ1n) is 8.61. The van der Waals surface area contributed by atoms with Crippen molar-refractivity contribution in [2.24, 2.45) is 4.99 Å². The van der Waals surface area contributed by atoms with Crippen LogP contribution in [0, 0.1) is 27.7 Å². The molecule has 27 heavy (non-hydrogen) atoms. The molecule has 0 amide bonds. The smallest absolute Gasteiger partial charge is 0.337 e. The molecule has 1 N–H and O–H groups in total. The summed E-state index contributed by atoms with van der Waals surface area (Å²) in [4.78, 5) is 15.7. The molecule has 0 aliphatic heterocycles. The predicted molar refractivity (Wildman–Crippen MR) is 110 cm³/mol. The van der Waals surface area contributed by atoms with Crippen LogP contribution < -0.4 is 0 Å². The van der Waals surface area contributed by atoms with E-state index in [1.165, 1.54) is 17.2 Å². The monoisotopic (exact) mass is 380 g/mol. The molecule has 3 rings (SSSR count). The zero-order chi connectivity index (χ0) is 19.7. The highest BCUT2D eigenvalue weighted by Crippen LogP contribution is 2.24. The average molecular weight is 381 g/mol. The summed E-state index contributed by atoms with van der Waals surface area (Å²) in [5.74, 6) is -1.06. The fourth-order valence-corrected chi connectivity index (χ4v) is 3.28. The zero-order valence-corrected chi connectivity index (χ0v) is 16.5. The Morgan fingerprint density at radius 2 is 1.78 bits per heavy atom. The Morgan fingerprint density at radius 1 is 1.04 bits per heavy atom. The Hall–Kier alpha value is -2.85. The number of aromatic nitrogens is 1. The van der Waals surface area contributed by atoms with Crippen LogP contribution in [0.2, 0.25) is 5.02 Å². The van der Waals surface area contributed by atoms with Crippen LogP contribution >= 0.6 is 11.6 Å². The standard InChI is InChI=1S/C22H21ClN2O2/c1-13-5-7-19(9-14(13)2)25-15(3)10-17(16(25)4)12-24-18-6-8-21(23)20(11-18)22(26)27/h5-12H,1-4H3,(H,26,27). The normalized spacial score (nSPS) is 11.3. The minimum absolute atomic E-state index is 0.0481. The second-order valence-electron chi connectivity index (χ2n) is 6.66. The maximum atomic E-state index is 11.2. The van der Waals surface area contributed by atoms with E-state index < -0.39 is 5.97 Å². The van der Waals surface area contributed by atoms with Crippen LogP contribution in [0.25, 0.3) is 5.69 Å². The number of rotatable bonds is 4. The molecule has 4 nitrogen and oxygen atoms in total. The highest BCUT2D eigenvalue weighted by molar-refractivity contribution is 6.33. The van der Waals surface area contributed by atoms with Crippen molar-refractivity contribution in [1.82, 2.24) is 4.57 Å². The molecule has 138 valence electrons. The van der Waals surface area contributed by atoms with Gasteiger partial charge < -0.3 is 9.67 Å². The maximum Gasteiger partial charge on any atom is 0.337 e. The Bertz CT molecular complexity index is 1060. The van der Waals surface area contributed by atoms with Gasteiger partial charge in [-0.1, -0.05) is 17.7 Å². The van der Waals surface area contributed by atoms with Crippen molar-refractivity contribution < 1.29 is 9.90 Å². The van der Waals surface area contributed by atoms with Gasteiger partial charge in [0.2, 0.25) is 0 Å². The number of hydrogen-bond donors (Lipinski definition) is 1. The first-order chi connectivity index (χ1) is 12.8. The van der Waals surface area contributed by atoms with Crippen molar-refractivity contribution in [3.8, 4) is 5.69 Å². The Labute approximate surface area is 163 Å². The summed E-state index contributed by atoms with van der Waals surface area (Å²) in [5.41, 5.74) is 7.40.